The molecule has 2 aliphatic heterocycles. The topological polar surface area (TPSA) is 55.9 Å². The van der Waals surface area contributed by atoms with E-state index in [4.69, 9.17) is 0 Å². The summed E-state index contributed by atoms with van der Waals surface area (Å²) in [5.74, 6) is 2.52. The highest BCUT2D eigenvalue weighted by Gasteiger charge is 2.56. The fourth-order valence-electron chi connectivity index (χ4n) is 8.20. The summed E-state index contributed by atoms with van der Waals surface area (Å²) in [7, 11) is 2.17. The van der Waals surface area contributed by atoms with Gasteiger partial charge in [0.25, 0.3) is 0 Å². The summed E-state index contributed by atoms with van der Waals surface area (Å²) in [6.07, 6.45) is 8.92. The van der Waals surface area contributed by atoms with Gasteiger partial charge in [-0.15, -0.1) is 0 Å². The van der Waals surface area contributed by atoms with Gasteiger partial charge < -0.3 is 15.1 Å². The third-order valence-electron chi connectivity index (χ3n) is 9.50. The van der Waals surface area contributed by atoms with E-state index in [-0.39, 0.29) is 17.4 Å². The van der Waals surface area contributed by atoms with Crippen molar-refractivity contribution in [2.75, 3.05) is 45.1 Å². The first-order chi connectivity index (χ1) is 16.5. The number of nitrogens with zero attached hydrogens (tertiary/aromatic N) is 3. The second-order valence-corrected chi connectivity index (χ2v) is 12.1. The Kier molecular flexibility index (Phi) is 5.93. The minimum absolute atomic E-state index is 0.00711. The van der Waals surface area contributed by atoms with Crippen LogP contribution < -0.4 is 5.32 Å². The number of nitrogens with one attached hydrogen (secondary N) is 1. The van der Waals surface area contributed by atoms with Crippen LogP contribution >= 0.6 is 0 Å². The Bertz CT molecular complexity index is 903. The maximum Gasteiger partial charge on any atom is 0.247 e. The highest BCUT2D eigenvalue weighted by Crippen LogP contribution is 2.60. The molecule has 1 N–H and O–H groups in total. The zero-order valence-electron chi connectivity index (χ0n) is 20.7. The molecule has 0 spiro atoms. The zero-order chi connectivity index (χ0) is 23.3. The summed E-state index contributed by atoms with van der Waals surface area (Å²) in [5, 5.41) is 3.17. The molecule has 1 aromatic rings. The number of carbonyl (C=O) groups excluding carboxylic acids is 2. The molecule has 184 valence electrons. The molecule has 6 heteroatoms. The standard InChI is InChI=1S/C28H40N4O2/c1-30-8-10-31(11-9-30)19-20-4-2-5-24(15-20)29-26(33)25-6-3-7-32(25)27(34)28-16-21-12-22(17-28)14-23(13-21)18-28/h2,4-5,15,21-23,25H,3,6-14,16-19H2,1H3,(H,29,33). The SMILES string of the molecule is CN1CCN(Cc2cccc(NC(=O)C3CCCN3C(=O)C34CC5CC(CC(C5)C3)C4)c2)CC1. The van der Waals surface area contributed by atoms with Gasteiger partial charge in [0, 0.05) is 45.0 Å². The van der Waals surface area contributed by atoms with Crippen LogP contribution in [0.15, 0.2) is 24.3 Å². The van der Waals surface area contributed by atoms with Crippen molar-refractivity contribution in [1.82, 2.24) is 14.7 Å². The number of amides is 2. The largest absolute Gasteiger partial charge is 0.330 e. The molecule has 7 rings (SSSR count). The van der Waals surface area contributed by atoms with Gasteiger partial charge in [0.15, 0.2) is 0 Å². The Hall–Kier alpha value is -1.92. The Labute approximate surface area is 204 Å². The highest BCUT2D eigenvalue weighted by molar-refractivity contribution is 5.98. The molecule has 4 bridgehead atoms. The normalized spacial score (nSPS) is 35.6. The van der Waals surface area contributed by atoms with Crippen LogP contribution in [0.2, 0.25) is 0 Å². The van der Waals surface area contributed by atoms with E-state index in [0.717, 1.165) is 94.8 Å². The number of hydrogen-bond acceptors (Lipinski definition) is 4. The fraction of sp³-hybridized carbons (Fsp3) is 0.714. The molecule has 2 saturated heterocycles. The van der Waals surface area contributed by atoms with Crippen molar-refractivity contribution in [3.63, 3.8) is 0 Å². The summed E-state index contributed by atoms with van der Waals surface area (Å²) in [6, 6.07) is 7.95. The van der Waals surface area contributed by atoms with Crippen LogP contribution in [0.5, 0.6) is 0 Å². The molecule has 6 aliphatic rings. The molecule has 1 unspecified atom stereocenters. The van der Waals surface area contributed by atoms with Crippen molar-refractivity contribution in [3.05, 3.63) is 29.8 Å². The van der Waals surface area contributed by atoms with Crippen LogP contribution in [-0.4, -0.2) is 72.3 Å². The fourth-order valence-corrected chi connectivity index (χ4v) is 8.20. The Morgan fingerprint density at radius 3 is 2.32 bits per heavy atom. The Balaban J connectivity index is 1.11. The van der Waals surface area contributed by atoms with Gasteiger partial charge in [-0.05, 0) is 93.9 Å². The first-order valence-corrected chi connectivity index (χ1v) is 13.6. The van der Waals surface area contributed by atoms with Gasteiger partial charge in [-0.25, -0.2) is 0 Å². The van der Waals surface area contributed by atoms with Gasteiger partial charge >= 0.3 is 0 Å². The maximum atomic E-state index is 13.9. The third-order valence-corrected chi connectivity index (χ3v) is 9.50. The number of anilines is 1. The molecule has 2 heterocycles. The van der Waals surface area contributed by atoms with Crippen LogP contribution in [0.3, 0.4) is 0 Å². The number of likely N-dealkylation sites (tertiary alicyclic amines) is 1. The highest BCUT2D eigenvalue weighted by atomic mass is 16.2. The molecule has 4 aliphatic carbocycles. The maximum absolute atomic E-state index is 13.9. The first-order valence-electron chi connectivity index (χ1n) is 13.6. The number of carbonyl (C=O) groups is 2. The molecule has 34 heavy (non-hydrogen) atoms. The molecule has 0 radical (unpaired) electrons. The average molecular weight is 465 g/mol. The molecule has 6 fully saturated rings. The van der Waals surface area contributed by atoms with Gasteiger partial charge in [-0.2, -0.15) is 0 Å². The zero-order valence-corrected chi connectivity index (χ0v) is 20.7. The van der Waals surface area contributed by atoms with E-state index >= 15 is 0 Å². The smallest absolute Gasteiger partial charge is 0.247 e. The first kappa shape index (κ1) is 22.5. The van der Waals surface area contributed by atoms with Gasteiger partial charge in [-0.3, -0.25) is 14.5 Å². The monoisotopic (exact) mass is 464 g/mol. The van der Waals surface area contributed by atoms with Gasteiger partial charge in [-0.1, -0.05) is 12.1 Å². The van der Waals surface area contributed by atoms with Crippen molar-refractivity contribution in [1.29, 1.82) is 0 Å². The van der Waals surface area contributed by atoms with Crippen molar-refractivity contribution < 1.29 is 9.59 Å². The van der Waals surface area contributed by atoms with Gasteiger partial charge in [0.2, 0.25) is 11.8 Å². The second kappa shape index (κ2) is 8.94. The average Bonchev–Trinajstić information content (AvgIpc) is 3.29. The summed E-state index contributed by atoms with van der Waals surface area (Å²) in [4.78, 5) is 34.1. The molecular formula is C28H40N4O2. The summed E-state index contributed by atoms with van der Waals surface area (Å²) in [6.45, 7) is 6.02. The lowest BCUT2D eigenvalue weighted by atomic mass is 9.49. The summed E-state index contributed by atoms with van der Waals surface area (Å²) >= 11 is 0. The molecule has 1 atom stereocenters. The number of rotatable bonds is 5. The predicted molar refractivity (Wildman–Crippen MR) is 133 cm³/mol. The van der Waals surface area contributed by atoms with Crippen molar-refractivity contribution >= 4 is 17.5 Å². The lowest BCUT2D eigenvalue weighted by Gasteiger charge is -2.56. The number of piperazine rings is 1. The molecule has 6 nitrogen and oxygen atoms in total. The van der Waals surface area contributed by atoms with E-state index in [2.05, 4.69) is 34.3 Å². The van der Waals surface area contributed by atoms with Crippen LogP contribution in [-0.2, 0) is 16.1 Å². The number of benzene rings is 1. The molecule has 4 saturated carbocycles. The number of likely N-dealkylation sites (N-methyl/N-ethyl adjacent to an activating group) is 1. The third kappa shape index (κ3) is 4.28. The Morgan fingerprint density at radius 1 is 0.971 bits per heavy atom. The molecule has 1 aromatic carbocycles. The second-order valence-electron chi connectivity index (χ2n) is 12.1. The van der Waals surface area contributed by atoms with Crippen LogP contribution in [0.1, 0.15) is 56.9 Å². The summed E-state index contributed by atoms with van der Waals surface area (Å²) in [5.41, 5.74) is 1.92. The molecule has 2 amide bonds. The van der Waals surface area contributed by atoms with E-state index in [1.165, 1.54) is 24.8 Å². The minimum atomic E-state index is -0.318. The predicted octanol–water partition coefficient (Wildman–Crippen LogP) is 3.58. The van der Waals surface area contributed by atoms with E-state index in [1.807, 2.05) is 17.0 Å². The van der Waals surface area contributed by atoms with E-state index in [9.17, 15) is 9.59 Å². The van der Waals surface area contributed by atoms with Crippen LogP contribution in [0, 0.1) is 23.2 Å². The quantitative estimate of drug-likeness (QED) is 0.724. The molecular weight excluding hydrogens is 424 g/mol. The van der Waals surface area contributed by atoms with E-state index in [0.29, 0.717) is 5.91 Å². The van der Waals surface area contributed by atoms with Gasteiger partial charge in [0.1, 0.15) is 6.04 Å². The summed E-state index contributed by atoms with van der Waals surface area (Å²) < 4.78 is 0. The van der Waals surface area contributed by atoms with Crippen molar-refractivity contribution in [2.24, 2.45) is 23.2 Å². The van der Waals surface area contributed by atoms with Gasteiger partial charge in [0.05, 0.1) is 5.41 Å². The van der Waals surface area contributed by atoms with E-state index < -0.39 is 0 Å². The van der Waals surface area contributed by atoms with Crippen LogP contribution in [0.4, 0.5) is 5.69 Å². The Morgan fingerprint density at radius 2 is 1.65 bits per heavy atom. The van der Waals surface area contributed by atoms with Crippen molar-refractivity contribution in [3.8, 4) is 0 Å². The van der Waals surface area contributed by atoms with Crippen molar-refractivity contribution in [2.45, 2.75) is 64.0 Å². The minimum Gasteiger partial charge on any atom is -0.330 e. The number of hydrogen-bond donors (Lipinski definition) is 1. The van der Waals surface area contributed by atoms with E-state index in [1.54, 1.807) is 0 Å². The van der Waals surface area contributed by atoms with Crippen LogP contribution in [0.25, 0.3) is 0 Å². The lowest BCUT2D eigenvalue weighted by molar-refractivity contribution is -0.160. The lowest BCUT2D eigenvalue weighted by Crippen LogP contribution is -2.56. The molecule has 0 aromatic heterocycles.